The monoisotopic (exact) mass is 318 g/mol. The first-order valence-electron chi connectivity index (χ1n) is 7.58. The quantitative estimate of drug-likeness (QED) is 0.603. The largest absolute Gasteiger partial charge is 0.308 e. The summed E-state index contributed by atoms with van der Waals surface area (Å²) in [6.07, 6.45) is 15.4. The average molecular weight is 319 g/mol. The smallest absolute Gasteiger partial charge is 0.0718 e. The molecule has 0 amide bonds. The molecule has 3 heteroatoms. The van der Waals surface area contributed by atoms with Crippen LogP contribution in [0, 0.1) is 0 Å². The molecule has 2 aromatic heterocycles. The van der Waals surface area contributed by atoms with E-state index in [1.54, 1.807) is 0 Å². The number of hydrogen-bond donors (Lipinski definition) is 0. The van der Waals surface area contributed by atoms with Gasteiger partial charge in [0, 0.05) is 22.3 Å². The molecule has 2 nitrogen and oxygen atoms in total. The van der Waals surface area contributed by atoms with Crippen LogP contribution < -0.4 is 0 Å². The number of fused-ring (bicyclic) bond motifs is 1. The van der Waals surface area contributed by atoms with E-state index in [1.807, 2.05) is 42.7 Å². The predicted molar refractivity (Wildman–Crippen MR) is 97.0 cm³/mol. The Morgan fingerprint density at radius 2 is 1.91 bits per heavy atom. The zero-order chi connectivity index (χ0) is 15.6. The predicted octanol–water partition coefficient (Wildman–Crippen LogP) is 5.58. The first kappa shape index (κ1) is 14.0. The highest BCUT2D eigenvalue weighted by Gasteiger charge is 2.13. The van der Waals surface area contributed by atoms with Gasteiger partial charge in [0.2, 0.25) is 0 Å². The maximum absolute atomic E-state index is 6.05. The van der Waals surface area contributed by atoms with Crippen molar-refractivity contribution < 1.29 is 0 Å². The van der Waals surface area contributed by atoms with Gasteiger partial charge in [0.05, 0.1) is 17.4 Å². The lowest BCUT2D eigenvalue weighted by atomic mass is 10.1. The Morgan fingerprint density at radius 3 is 2.78 bits per heavy atom. The zero-order valence-electron chi connectivity index (χ0n) is 12.5. The highest BCUT2D eigenvalue weighted by atomic mass is 35.5. The van der Waals surface area contributed by atoms with Gasteiger partial charge in [-0.2, -0.15) is 0 Å². The van der Waals surface area contributed by atoms with Crippen LogP contribution in [0.4, 0.5) is 0 Å². The lowest BCUT2D eigenvalue weighted by Crippen LogP contribution is -1.99. The zero-order valence-corrected chi connectivity index (χ0v) is 13.2. The van der Waals surface area contributed by atoms with Crippen molar-refractivity contribution >= 4 is 28.1 Å². The lowest BCUT2D eigenvalue weighted by Gasteiger charge is -2.11. The molecular weight excluding hydrogens is 304 g/mol. The SMILES string of the molecule is Clc1ccc(-n2c(C3=CCC=CC=C3)cc3ccncc32)cc1. The van der Waals surface area contributed by atoms with E-state index in [-0.39, 0.29) is 0 Å². The fourth-order valence-corrected chi connectivity index (χ4v) is 3.02. The number of halogens is 1. The highest BCUT2D eigenvalue weighted by molar-refractivity contribution is 6.30. The van der Waals surface area contributed by atoms with E-state index < -0.39 is 0 Å². The van der Waals surface area contributed by atoms with Crippen molar-refractivity contribution in [3.63, 3.8) is 0 Å². The van der Waals surface area contributed by atoms with Gasteiger partial charge in [0.25, 0.3) is 0 Å². The molecule has 4 rings (SSSR count). The van der Waals surface area contributed by atoms with Crippen molar-refractivity contribution in [2.24, 2.45) is 0 Å². The summed E-state index contributed by atoms with van der Waals surface area (Å²) in [6, 6.07) is 12.2. The summed E-state index contributed by atoms with van der Waals surface area (Å²) in [4.78, 5) is 4.30. The van der Waals surface area contributed by atoms with E-state index in [0.29, 0.717) is 0 Å². The molecule has 0 bridgehead atoms. The van der Waals surface area contributed by atoms with E-state index in [1.165, 1.54) is 11.0 Å². The molecule has 0 fully saturated rings. The molecule has 2 heterocycles. The van der Waals surface area contributed by atoms with Gasteiger partial charge in [0.1, 0.15) is 0 Å². The van der Waals surface area contributed by atoms with Gasteiger partial charge in [-0.3, -0.25) is 4.98 Å². The van der Waals surface area contributed by atoms with Gasteiger partial charge in [-0.05, 0) is 48.4 Å². The molecule has 0 spiro atoms. The summed E-state index contributed by atoms with van der Waals surface area (Å²) in [6.45, 7) is 0. The van der Waals surface area contributed by atoms with E-state index in [4.69, 9.17) is 11.6 Å². The third-order valence-corrected chi connectivity index (χ3v) is 4.24. The fraction of sp³-hybridized carbons (Fsp3) is 0.0500. The molecular formula is C20H15ClN2. The first-order chi connectivity index (χ1) is 11.3. The minimum Gasteiger partial charge on any atom is -0.308 e. The first-order valence-corrected chi connectivity index (χ1v) is 7.96. The van der Waals surface area contributed by atoms with Gasteiger partial charge in [-0.1, -0.05) is 42.0 Å². The molecule has 23 heavy (non-hydrogen) atoms. The van der Waals surface area contributed by atoms with Crippen LogP contribution in [0.2, 0.25) is 5.02 Å². The Labute approximate surface area is 140 Å². The van der Waals surface area contributed by atoms with Crippen molar-refractivity contribution in [1.82, 2.24) is 9.55 Å². The van der Waals surface area contributed by atoms with Crippen LogP contribution in [-0.2, 0) is 0 Å². The molecule has 0 atom stereocenters. The van der Waals surface area contributed by atoms with Crippen molar-refractivity contribution in [3.05, 3.63) is 89.9 Å². The summed E-state index contributed by atoms with van der Waals surface area (Å²) in [5.41, 5.74) is 4.55. The molecule has 0 radical (unpaired) electrons. The minimum atomic E-state index is 0.739. The van der Waals surface area contributed by atoms with Crippen LogP contribution >= 0.6 is 11.6 Å². The van der Waals surface area contributed by atoms with Gasteiger partial charge >= 0.3 is 0 Å². The van der Waals surface area contributed by atoms with E-state index in [9.17, 15) is 0 Å². The summed E-state index contributed by atoms with van der Waals surface area (Å²) in [5, 5.41) is 1.92. The van der Waals surface area contributed by atoms with Crippen molar-refractivity contribution in [3.8, 4) is 5.69 Å². The standard InChI is InChI=1S/C20H15ClN2/c21-17-7-9-18(10-8-17)23-19(15-5-3-1-2-4-6-15)13-16-11-12-22-14-20(16)23/h1-3,5-14H,4H2. The average Bonchev–Trinajstić information content (AvgIpc) is 2.76. The highest BCUT2D eigenvalue weighted by Crippen LogP contribution is 2.30. The van der Waals surface area contributed by atoms with E-state index in [2.05, 4.69) is 46.0 Å². The molecule has 0 saturated carbocycles. The van der Waals surface area contributed by atoms with Crippen LogP contribution in [0.3, 0.4) is 0 Å². The van der Waals surface area contributed by atoms with Crippen molar-refractivity contribution in [1.29, 1.82) is 0 Å². The second-order valence-corrected chi connectivity index (χ2v) is 5.89. The summed E-state index contributed by atoms with van der Waals surface area (Å²) >= 11 is 6.05. The van der Waals surface area contributed by atoms with Gasteiger partial charge in [0.15, 0.2) is 0 Å². The lowest BCUT2D eigenvalue weighted by molar-refractivity contribution is 1.09. The Morgan fingerprint density at radius 1 is 1.04 bits per heavy atom. The molecule has 112 valence electrons. The third kappa shape index (κ3) is 2.62. The number of aromatic nitrogens is 2. The molecule has 1 aromatic carbocycles. The van der Waals surface area contributed by atoms with Crippen LogP contribution in [0.1, 0.15) is 12.1 Å². The number of allylic oxidation sites excluding steroid dienone is 6. The van der Waals surface area contributed by atoms with Crippen molar-refractivity contribution in [2.45, 2.75) is 6.42 Å². The number of nitrogens with zero attached hydrogens (tertiary/aromatic N) is 2. The second-order valence-electron chi connectivity index (χ2n) is 5.46. The Hall–Kier alpha value is -2.58. The summed E-state index contributed by atoms with van der Waals surface area (Å²) < 4.78 is 2.24. The van der Waals surface area contributed by atoms with Gasteiger partial charge < -0.3 is 4.57 Å². The molecule has 0 unspecified atom stereocenters. The number of benzene rings is 1. The normalized spacial score (nSPS) is 14.0. The molecule has 0 N–H and O–H groups in total. The minimum absolute atomic E-state index is 0.739. The van der Waals surface area contributed by atoms with Crippen LogP contribution in [-0.4, -0.2) is 9.55 Å². The number of hydrogen-bond acceptors (Lipinski definition) is 1. The van der Waals surface area contributed by atoms with Crippen molar-refractivity contribution in [2.75, 3.05) is 0 Å². The molecule has 0 aliphatic heterocycles. The van der Waals surface area contributed by atoms with E-state index in [0.717, 1.165) is 28.3 Å². The molecule has 0 saturated heterocycles. The molecule has 1 aliphatic rings. The fourth-order valence-electron chi connectivity index (χ4n) is 2.90. The molecule has 1 aliphatic carbocycles. The third-order valence-electron chi connectivity index (χ3n) is 3.98. The number of rotatable bonds is 2. The Bertz CT molecular complexity index is 943. The van der Waals surface area contributed by atoms with Gasteiger partial charge in [-0.25, -0.2) is 0 Å². The summed E-state index contributed by atoms with van der Waals surface area (Å²) in [7, 11) is 0. The van der Waals surface area contributed by atoms with Gasteiger partial charge in [-0.15, -0.1) is 0 Å². The van der Waals surface area contributed by atoms with E-state index >= 15 is 0 Å². The maximum Gasteiger partial charge on any atom is 0.0718 e. The van der Waals surface area contributed by atoms with Crippen LogP contribution in [0.25, 0.3) is 22.2 Å². The maximum atomic E-state index is 6.05. The molecule has 3 aromatic rings. The van der Waals surface area contributed by atoms with Crippen LogP contribution in [0.15, 0.2) is 79.2 Å². The Kier molecular flexibility index (Phi) is 3.60. The summed E-state index contributed by atoms with van der Waals surface area (Å²) in [5.74, 6) is 0. The number of pyridine rings is 1. The Balaban J connectivity index is 1.98. The van der Waals surface area contributed by atoms with Crippen LogP contribution in [0.5, 0.6) is 0 Å². The topological polar surface area (TPSA) is 17.8 Å². The second kappa shape index (κ2) is 5.90.